The summed E-state index contributed by atoms with van der Waals surface area (Å²) in [7, 11) is 1.84. The van der Waals surface area contributed by atoms with Crippen molar-refractivity contribution in [3.63, 3.8) is 0 Å². The molecule has 0 radical (unpaired) electrons. The van der Waals surface area contributed by atoms with Crippen molar-refractivity contribution in [3.05, 3.63) is 65.1 Å². The Morgan fingerprint density at radius 3 is 2.47 bits per heavy atom. The van der Waals surface area contributed by atoms with Gasteiger partial charge in [0.15, 0.2) is 11.0 Å². The number of thioether (sulfide) groups is 1. The summed E-state index contributed by atoms with van der Waals surface area (Å²) < 4.78 is 1.82. The molecule has 0 aliphatic rings. The molecule has 0 spiro atoms. The Hall–Kier alpha value is -3.20. The van der Waals surface area contributed by atoms with Gasteiger partial charge in [-0.05, 0) is 43.5 Å². The van der Waals surface area contributed by atoms with E-state index in [-0.39, 0.29) is 29.5 Å². The number of carbonyl (C=O) groups excluding carboxylic acids is 2. The van der Waals surface area contributed by atoms with Crippen LogP contribution in [-0.4, -0.2) is 37.3 Å². The third kappa shape index (κ3) is 5.73. The second-order valence-corrected chi connectivity index (χ2v) is 8.91. The number of aryl methyl sites for hydroxylation is 2. The summed E-state index contributed by atoms with van der Waals surface area (Å²) in [6.45, 7) is 7.91. The maximum Gasteiger partial charge on any atom is 0.251 e. The third-order valence-corrected chi connectivity index (χ3v) is 6.03. The average molecular weight is 453 g/mol. The van der Waals surface area contributed by atoms with Crippen molar-refractivity contribution < 1.29 is 9.59 Å². The number of benzene rings is 1. The predicted octanol–water partition coefficient (Wildman–Crippen LogP) is 3.68. The van der Waals surface area contributed by atoms with Crippen LogP contribution in [0.2, 0.25) is 0 Å². The van der Waals surface area contributed by atoms with Crippen LogP contribution in [0.3, 0.4) is 0 Å². The number of aromatic nitrogens is 4. The Morgan fingerprint density at radius 2 is 1.81 bits per heavy atom. The molecule has 2 heterocycles. The Bertz CT molecular complexity index is 1090. The monoisotopic (exact) mass is 452 g/mol. The minimum Gasteiger partial charge on any atom is -0.342 e. The molecule has 1 aromatic carbocycles. The Kier molecular flexibility index (Phi) is 7.63. The summed E-state index contributed by atoms with van der Waals surface area (Å²) in [5.41, 5.74) is 2.59. The van der Waals surface area contributed by atoms with Gasteiger partial charge in [-0.3, -0.25) is 9.59 Å². The molecular weight excluding hydrogens is 424 g/mol. The summed E-state index contributed by atoms with van der Waals surface area (Å²) >= 11 is 1.28. The number of nitrogens with one attached hydrogen (secondary N) is 2. The highest BCUT2D eigenvalue weighted by molar-refractivity contribution is 7.99. The van der Waals surface area contributed by atoms with Gasteiger partial charge in [-0.25, -0.2) is 4.98 Å². The van der Waals surface area contributed by atoms with Gasteiger partial charge in [-0.1, -0.05) is 49.4 Å². The zero-order chi connectivity index (χ0) is 23.3. The molecule has 2 amide bonds. The number of hydrogen-bond donors (Lipinski definition) is 2. The molecule has 2 N–H and O–H groups in total. The average Bonchev–Trinajstić information content (AvgIpc) is 3.12. The quantitative estimate of drug-likeness (QED) is 0.506. The van der Waals surface area contributed by atoms with Crippen LogP contribution in [0.25, 0.3) is 0 Å². The number of rotatable bonds is 8. The van der Waals surface area contributed by atoms with Crippen molar-refractivity contribution in [3.8, 4) is 0 Å². The van der Waals surface area contributed by atoms with Gasteiger partial charge < -0.3 is 15.2 Å². The second kappa shape index (κ2) is 10.4. The summed E-state index contributed by atoms with van der Waals surface area (Å²) in [5, 5.41) is 15.0. The summed E-state index contributed by atoms with van der Waals surface area (Å²) in [6, 6.07) is 10.8. The molecule has 8 nitrogen and oxygen atoms in total. The lowest BCUT2D eigenvalue weighted by Gasteiger charge is -2.21. The van der Waals surface area contributed by atoms with Gasteiger partial charge in [0.2, 0.25) is 5.91 Å². The molecule has 3 rings (SSSR count). The Balaban J connectivity index is 1.67. The summed E-state index contributed by atoms with van der Waals surface area (Å²) in [5.74, 6) is 1.13. The van der Waals surface area contributed by atoms with E-state index in [1.807, 2.05) is 75.7 Å². The van der Waals surface area contributed by atoms with Crippen molar-refractivity contribution in [2.45, 2.75) is 38.9 Å². The van der Waals surface area contributed by atoms with Gasteiger partial charge in [-0.15, -0.1) is 10.2 Å². The van der Waals surface area contributed by atoms with Crippen LogP contribution >= 0.6 is 11.8 Å². The number of pyridine rings is 1. The van der Waals surface area contributed by atoms with Crippen molar-refractivity contribution in [2.24, 2.45) is 13.0 Å². The van der Waals surface area contributed by atoms with Gasteiger partial charge in [0.1, 0.15) is 5.82 Å². The number of hydrogen-bond acceptors (Lipinski definition) is 6. The molecule has 3 aromatic rings. The van der Waals surface area contributed by atoms with Gasteiger partial charge in [0.25, 0.3) is 5.91 Å². The van der Waals surface area contributed by atoms with E-state index in [0.717, 1.165) is 11.1 Å². The van der Waals surface area contributed by atoms with Gasteiger partial charge in [-0.2, -0.15) is 0 Å². The van der Waals surface area contributed by atoms with Crippen LogP contribution in [0.4, 0.5) is 5.82 Å². The first-order valence-corrected chi connectivity index (χ1v) is 11.4. The first-order valence-electron chi connectivity index (χ1n) is 10.4. The lowest BCUT2D eigenvalue weighted by molar-refractivity contribution is -0.113. The van der Waals surface area contributed by atoms with E-state index in [0.29, 0.717) is 22.4 Å². The molecule has 2 aromatic heterocycles. The minimum absolute atomic E-state index is 0.0978. The van der Waals surface area contributed by atoms with Gasteiger partial charge >= 0.3 is 0 Å². The third-order valence-electron chi connectivity index (χ3n) is 5.01. The Morgan fingerprint density at radius 1 is 1.09 bits per heavy atom. The SMILES string of the molecule is Cc1ccc(C(=O)N[C@@H](c2nnc(SCC(=O)Nc3ncccc3C)n2C)C(C)C)cc1. The van der Waals surface area contributed by atoms with Gasteiger partial charge in [0.05, 0.1) is 11.8 Å². The number of nitrogens with zero attached hydrogens (tertiary/aromatic N) is 4. The van der Waals surface area contributed by atoms with Crippen LogP contribution in [0.5, 0.6) is 0 Å². The molecule has 0 bridgehead atoms. The fourth-order valence-electron chi connectivity index (χ4n) is 3.10. The lowest BCUT2D eigenvalue weighted by Crippen LogP contribution is -2.33. The Labute approximate surface area is 192 Å². The molecule has 0 fully saturated rings. The molecule has 0 aliphatic heterocycles. The molecule has 9 heteroatoms. The fourth-order valence-corrected chi connectivity index (χ4v) is 3.81. The molecular formula is C23H28N6O2S. The van der Waals surface area contributed by atoms with Crippen LogP contribution in [0.1, 0.15) is 47.2 Å². The first kappa shape index (κ1) is 23.5. The van der Waals surface area contributed by atoms with Crippen LogP contribution < -0.4 is 10.6 Å². The summed E-state index contributed by atoms with van der Waals surface area (Å²) in [6.07, 6.45) is 1.64. The van der Waals surface area contributed by atoms with Crippen molar-refractivity contribution >= 4 is 29.4 Å². The highest BCUT2D eigenvalue weighted by atomic mass is 32.2. The zero-order valence-electron chi connectivity index (χ0n) is 18.9. The molecule has 32 heavy (non-hydrogen) atoms. The topological polar surface area (TPSA) is 102 Å². The molecule has 0 aliphatic carbocycles. The number of anilines is 1. The van der Waals surface area contributed by atoms with E-state index in [4.69, 9.17) is 0 Å². The first-order chi connectivity index (χ1) is 15.3. The molecule has 0 unspecified atom stereocenters. The smallest absolute Gasteiger partial charge is 0.251 e. The van der Waals surface area contributed by atoms with E-state index < -0.39 is 0 Å². The van der Waals surface area contributed by atoms with E-state index >= 15 is 0 Å². The maximum atomic E-state index is 12.7. The van der Waals surface area contributed by atoms with E-state index in [2.05, 4.69) is 25.8 Å². The molecule has 0 saturated carbocycles. The number of amides is 2. The van der Waals surface area contributed by atoms with E-state index in [1.165, 1.54) is 11.8 Å². The highest BCUT2D eigenvalue weighted by Crippen LogP contribution is 2.24. The van der Waals surface area contributed by atoms with Crippen LogP contribution in [0.15, 0.2) is 47.8 Å². The summed E-state index contributed by atoms with van der Waals surface area (Å²) in [4.78, 5) is 29.3. The van der Waals surface area contributed by atoms with Gasteiger partial charge in [0, 0.05) is 18.8 Å². The van der Waals surface area contributed by atoms with Crippen molar-refractivity contribution in [2.75, 3.05) is 11.1 Å². The van der Waals surface area contributed by atoms with Crippen molar-refractivity contribution in [1.82, 2.24) is 25.1 Å². The largest absolute Gasteiger partial charge is 0.342 e. The molecule has 1 atom stereocenters. The molecule has 168 valence electrons. The van der Waals surface area contributed by atoms with Crippen LogP contribution in [0, 0.1) is 19.8 Å². The second-order valence-electron chi connectivity index (χ2n) is 7.97. The number of carbonyl (C=O) groups is 2. The zero-order valence-corrected chi connectivity index (χ0v) is 19.7. The van der Waals surface area contributed by atoms with E-state index in [1.54, 1.807) is 6.20 Å². The lowest BCUT2D eigenvalue weighted by atomic mass is 10.0. The maximum absolute atomic E-state index is 12.7. The normalized spacial score (nSPS) is 11.9. The highest BCUT2D eigenvalue weighted by Gasteiger charge is 2.25. The van der Waals surface area contributed by atoms with Crippen LogP contribution in [-0.2, 0) is 11.8 Å². The minimum atomic E-state index is -0.319. The van der Waals surface area contributed by atoms with Crippen molar-refractivity contribution in [1.29, 1.82) is 0 Å². The predicted molar refractivity (Wildman–Crippen MR) is 126 cm³/mol. The standard InChI is InChI=1S/C23H28N6O2S/c1-14(2)19(26-22(31)17-10-8-15(3)9-11-17)21-27-28-23(29(21)5)32-13-18(30)25-20-16(4)7-6-12-24-20/h6-12,14,19H,13H2,1-5H3,(H,26,31)(H,24,25,30)/t19-/m1/s1. The van der Waals surface area contributed by atoms with E-state index in [9.17, 15) is 9.59 Å². The fraction of sp³-hybridized carbons (Fsp3) is 0.348. The molecule has 0 saturated heterocycles.